The molecule has 0 saturated carbocycles. The maximum Gasteiger partial charge on any atom is 0.157 e. The van der Waals surface area contributed by atoms with Crippen LogP contribution in [0.25, 0.3) is 0 Å². The summed E-state index contributed by atoms with van der Waals surface area (Å²) in [5.74, 6) is 0. The molecule has 0 aliphatic carbocycles. The van der Waals surface area contributed by atoms with Crippen LogP contribution < -0.4 is 0 Å². The van der Waals surface area contributed by atoms with Gasteiger partial charge in [0.1, 0.15) is 0 Å². The predicted molar refractivity (Wildman–Crippen MR) is 36.6 cm³/mol. The molecule has 2 atom stereocenters. The molecular weight excluding hydrogens is 132 g/mol. The van der Waals surface area contributed by atoms with Crippen molar-refractivity contribution in [3.63, 3.8) is 0 Å². The Morgan fingerprint density at radius 1 is 1.70 bits per heavy atom. The highest BCUT2D eigenvalue weighted by atomic mass is 16.6. The highest BCUT2D eigenvalue weighted by Gasteiger charge is 2.20. The molecule has 1 aliphatic rings. The van der Waals surface area contributed by atoms with Crippen LogP contribution in [0.1, 0.15) is 19.8 Å². The van der Waals surface area contributed by atoms with Gasteiger partial charge in [0, 0.05) is 13.0 Å². The molecular formula is C7H14O3. The van der Waals surface area contributed by atoms with Crippen LogP contribution in [0.2, 0.25) is 0 Å². The highest BCUT2D eigenvalue weighted by Crippen LogP contribution is 2.14. The molecule has 1 rings (SSSR count). The molecule has 1 aliphatic heterocycles. The molecule has 0 amide bonds. The maximum absolute atomic E-state index is 9.00. The van der Waals surface area contributed by atoms with Crippen LogP contribution in [0, 0.1) is 0 Å². The molecule has 0 spiro atoms. The van der Waals surface area contributed by atoms with E-state index in [1.165, 1.54) is 0 Å². The van der Waals surface area contributed by atoms with Crippen LogP contribution in [0.3, 0.4) is 0 Å². The second-order valence-electron chi connectivity index (χ2n) is 2.43. The van der Waals surface area contributed by atoms with Gasteiger partial charge in [-0.1, -0.05) is 0 Å². The van der Waals surface area contributed by atoms with Crippen LogP contribution >= 0.6 is 0 Å². The molecule has 3 heteroatoms. The van der Waals surface area contributed by atoms with E-state index in [0.717, 1.165) is 13.0 Å². The van der Waals surface area contributed by atoms with Gasteiger partial charge in [-0.05, 0) is 13.3 Å². The van der Waals surface area contributed by atoms with Crippen molar-refractivity contribution in [3.05, 3.63) is 0 Å². The van der Waals surface area contributed by atoms with E-state index >= 15 is 0 Å². The van der Waals surface area contributed by atoms with Crippen molar-refractivity contribution < 1.29 is 14.6 Å². The van der Waals surface area contributed by atoms with Gasteiger partial charge in [-0.25, -0.2) is 0 Å². The summed E-state index contributed by atoms with van der Waals surface area (Å²) in [7, 11) is 0. The zero-order valence-corrected chi connectivity index (χ0v) is 6.25. The molecule has 1 N–H and O–H groups in total. The van der Waals surface area contributed by atoms with Crippen molar-refractivity contribution in [2.24, 2.45) is 0 Å². The van der Waals surface area contributed by atoms with Crippen LogP contribution in [-0.4, -0.2) is 30.7 Å². The molecule has 3 nitrogen and oxygen atoms in total. The van der Waals surface area contributed by atoms with Gasteiger partial charge in [0.15, 0.2) is 6.29 Å². The third-order valence-electron chi connectivity index (χ3n) is 1.62. The zero-order valence-electron chi connectivity index (χ0n) is 6.25. The molecule has 60 valence electrons. The minimum Gasteiger partial charge on any atom is -0.378 e. The summed E-state index contributed by atoms with van der Waals surface area (Å²) >= 11 is 0. The quantitative estimate of drug-likeness (QED) is 0.617. The van der Waals surface area contributed by atoms with E-state index in [4.69, 9.17) is 14.6 Å². The lowest BCUT2D eigenvalue weighted by molar-refractivity contribution is -0.162. The third-order valence-corrected chi connectivity index (χ3v) is 1.62. The molecule has 1 saturated heterocycles. The SMILES string of the molecule is CCOC1CCOC(O)C1. The first kappa shape index (κ1) is 7.98. The number of hydrogen-bond acceptors (Lipinski definition) is 3. The van der Waals surface area contributed by atoms with E-state index in [9.17, 15) is 0 Å². The van der Waals surface area contributed by atoms with Gasteiger partial charge < -0.3 is 14.6 Å². The monoisotopic (exact) mass is 146 g/mol. The number of hydrogen-bond donors (Lipinski definition) is 1. The number of rotatable bonds is 2. The largest absolute Gasteiger partial charge is 0.378 e. The van der Waals surface area contributed by atoms with Gasteiger partial charge in [0.25, 0.3) is 0 Å². The zero-order chi connectivity index (χ0) is 7.40. The van der Waals surface area contributed by atoms with E-state index in [1.807, 2.05) is 6.92 Å². The predicted octanol–water partition coefficient (Wildman–Crippen LogP) is 0.520. The van der Waals surface area contributed by atoms with Gasteiger partial charge in [-0.3, -0.25) is 0 Å². The Kier molecular flexibility index (Phi) is 3.12. The molecule has 1 fully saturated rings. The Labute approximate surface area is 60.9 Å². The van der Waals surface area contributed by atoms with Crippen molar-refractivity contribution in [2.75, 3.05) is 13.2 Å². The summed E-state index contributed by atoms with van der Waals surface area (Å²) in [6.45, 7) is 3.30. The summed E-state index contributed by atoms with van der Waals surface area (Å²) in [6.07, 6.45) is 1.12. The van der Waals surface area contributed by atoms with Gasteiger partial charge in [0.2, 0.25) is 0 Å². The van der Waals surface area contributed by atoms with Gasteiger partial charge in [-0.2, -0.15) is 0 Å². The van der Waals surface area contributed by atoms with Gasteiger partial charge >= 0.3 is 0 Å². The summed E-state index contributed by atoms with van der Waals surface area (Å²) in [5.41, 5.74) is 0. The summed E-state index contributed by atoms with van der Waals surface area (Å²) in [5, 5.41) is 9.00. The minimum atomic E-state index is -0.606. The van der Waals surface area contributed by atoms with Crippen molar-refractivity contribution in [2.45, 2.75) is 32.2 Å². The topological polar surface area (TPSA) is 38.7 Å². The number of aliphatic hydroxyl groups excluding tert-OH is 1. The fourth-order valence-corrected chi connectivity index (χ4v) is 1.13. The van der Waals surface area contributed by atoms with Crippen molar-refractivity contribution in [1.29, 1.82) is 0 Å². The van der Waals surface area contributed by atoms with Crippen LogP contribution in [0.15, 0.2) is 0 Å². The normalized spacial score (nSPS) is 34.2. The molecule has 0 bridgehead atoms. The lowest BCUT2D eigenvalue weighted by atomic mass is 10.1. The number of aliphatic hydroxyl groups is 1. The van der Waals surface area contributed by atoms with Crippen molar-refractivity contribution in [3.8, 4) is 0 Å². The van der Waals surface area contributed by atoms with E-state index in [0.29, 0.717) is 13.0 Å². The minimum absolute atomic E-state index is 0.203. The Morgan fingerprint density at radius 2 is 2.50 bits per heavy atom. The Balaban J connectivity index is 2.18. The summed E-state index contributed by atoms with van der Waals surface area (Å²) < 4.78 is 10.2. The second-order valence-corrected chi connectivity index (χ2v) is 2.43. The molecule has 2 unspecified atom stereocenters. The Hall–Kier alpha value is -0.120. The molecule has 0 aromatic rings. The first-order chi connectivity index (χ1) is 4.83. The van der Waals surface area contributed by atoms with E-state index in [2.05, 4.69) is 0 Å². The van der Waals surface area contributed by atoms with Crippen molar-refractivity contribution in [1.82, 2.24) is 0 Å². The average Bonchev–Trinajstić information content (AvgIpc) is 1.88. The van der Waals surface area contributed by atoms with E-state index in [1.54, 1.807) is 0 Å². The Morgan fingerprint density at radius 3 is 3.10 bits per heavy atom. The Bertz CT molecular complexity index is 92.9. The fraction of sp³-hybridized carbons (Fsp3) is 1.00. The third kappa shape index (κ3) is 2.25. The summed E-state index contributed by atoms with van der Waals surface area (Å²) in [6, 6.07) is 0. The molecule has 10 heavy (non-hydrogen) atoms. The summed E-state index contributed by atoms with van der Waals surface area (Å²) in [4.78, 5) is 0. The van der Waals surface area contributed by atoms with E-state index < -0.39 is 6.29 Å². The first-order valence-electron chi connectivity index (χ1n) is 3.74. The lowest BCUT2D eigenvalue weighted by Crippen LogP contribution is -2.30. The lowest BCUT2D eigenvalue weighted by Gasteiger charge is -2.25. The fourth-order valence-electron chi connectivity index (χ4n) is 1.13. The molecule has 0 aromatic carbocycles. The van der Waals surface area contributed by atoms with Crippen molar-refractivity contribution >= 4 is 0 Å². The van der Waals surface area contributed by atoms with E-state index in [-0.39, 0.29) is 6.10 Å². The van der Waals surface area contributed by atoms with Crippen LogP contribution in [0.4, 0.5) is 0 Å². The van der Waals surface area contributed by atoms with Crippen LogP contribution in [0.5, 0.6) is 0 Å². The average molecular weight is 146 g/mol. The standard InChI is InChI=1S/C7H14O3/c1-2-9-6-3-4-10-7(8)5-6/h6-8H,2-5H2,1H3. The van der Waals surface area contributed by atoms with Crippen LogP contribution in [-0.2, 0) is 9.47 Å². The second kappa shape index (κ2) is 3.91. The van der Waals surface area contributed by atoms with Gasteiger partial charge in [-0.15, -0.1) is 0 Å². The number of ether oxygens (including phenoxy) is 2. The van der Waals surface area contributed by atoms with Gasteiger partial charge in [0.05, 0.1) is 12.7 Å². The molecule has 0 aromatic heterocycles. The smallest absolute Gasteiger partial charge is 0.157 e. The molecule has 0 radical (unpaired) electrons. The first-order valence-corrected chi connectivity index (χ1v) is 3.74. The maximum atomic E-state index is 9.00. The molecule has 1 heterocycles. The highest BCUT2D eigenvalue weighted by molar-refractivity contribution is 4.64.